The van der Waals surface area contributed by atoms with E-state index in [1.807, 2.05) is 25.1 Å². The molecule has 1 atom stereocenters. The molecule has 0 aliphatic heterocycles. The molecule has 1 amide bonds. The number of aryl methyl sites for hydroxylation is 1. The monoisotopic (exact) mass is 348 g/mol. The number of rotatable bonds is 4. The molecule has 0 spiro atoms. The van der Waals surface area contributed by atoms with E-state index < -0.39 is 23.6 Å². The second-order valence-corrected chi connectivity index (χ2v) is 6.35. The van der Waals surface area contributed by atoms with Crippen LogP contribution in [0.2, 0.25) is 0 Å². The molecule has 1 aromatic heterocycles. The molecular formula is C17H14F2N2O2S. The maximum absolute atomic E-state index is 13.6. The zero-order valence-electron chi connectivity index (χ0n) is 13.0. The van der Waals surface area contributed by atoms with Gasteiger partial charge in [-0.05, 0) is 37.6 Å². The first-order valence-electron chi connectivity index (χ1n) is 7.22. The van der Waals surface area contributed by atoms with Gasteiger partial charge in [0.15, 0.2) is 17.1 Å². The van der Waals surface area contributed by atoms with Crippen LogP contribution in [-0.2, 0) is 4.79 Å². The maximum atomic E-state index is 13.6. The van der Waals surface area contributed by atoms with Gasteiger partial charge in [0.2, 0.25) is 0 Å². The van der Waals surface area contributed by atoms with E-state index in [0.29, 0.717) is 10.4 Å². The summed E-state index contributed by atoms with van der Waals surface area (Å²) in [5.41, 5.74) is 1.05. The van der Waals surface area contributed by atoms with Crippen LogP contribution >= 0.6 is 11.3 Å². The number of carbonyl (C=O) groups is 1. The third-order valence-electron chi connectivity index (χ3n) is 3.31. The molecule has 0 saturated carbocycles. The Morgan fingerprint density at radius 1 is 1.29 bits per heavy atom. The maximum Gasteiger partial charge on any atom is 0.266 e. The van der Waals surface area contributed by atoms with Gasteiger partial charge in [-0.2, -0.15) is 0 Å². The molecule has 0 fully saturated rings. The van der Waals surface area contributed by atoms with Crippen molar-refractivity contribution in [2.24, 2.45) is 0 Å². The van der Waals surface area contributed by atoms with Gasteiger partial charge in [0.25, 0.3) is 5.91 Å². The molecule has 0 aliphatic rings. The van der Waals surface area contributed by atoms with Crippen LogP contribution in [0, 0.1) is 18.6 Å². The van der Waals surface area contributed by atoms with Crippen LogP contribution in [0.25, 0.3) is 10.2 Å². The molecule has 24 heavy (non-hydrogen) atoms. The quantitative estimate of drug-likeness (QED) is 0.765. The van der Waals surface area contributed by atoms with Gasteiger partial charge in [-0.1, -0.05) is 23.5 Å². The lowest BCUT2D eigenvalue weighted by molar-refractivity contribution is -0.122. The summed E-state index contributed by atoms with van der Waals surface area (Å²) in [4.78, 5) is 16.2. The molecule has 1 heterocycles. The van der Waals surface area contributed by atoms with E-state index >= 15 is 0 Å². The van der Waals surface area contributed by atoms with E-state index in [1.165, 1.54) is 6.07 Å². The van der Waals surface area contributed by atoms with Crippen molar-refractivity contribution < 1.29 is 18.3 Å². The Kier molecular flexibility index (Phi) is 4.44. The predicted octanol–water partition coefficient (Wildman–Crippen LogP) is 4.29. The summed E-state index contributed by atoms with van der Waals surface area (Å²) >= 11 is 1.00. The molecule has 4 nitrogen and oxygen atoms in total. The molecule has 3 aromatic rings. The second-order valence-electron chi connectivity index (χ2n) is 5.32. The predicted molar refractivity (Wildman–Crippen MR) is 89.4 cm³/mol. The van der Waals surface area contributed by atoms with Crippen LogP contribution in [0.1, 0.15) is 12.5 Å². The van der Waals surface area contributed by atoms with Crippen molar-refractivity contribution in [3.05, 3.63) is 53.6 Å². The molecule has 7 heteroatoms. The summed E-state index contributed by atoms with van der Waals surface area (Å²) in [6, 6.07) is 9.27. The van der Waals surface area contributed by atoms with Crippen molar-refractivity contribution in [2.45, 2.75) is 20.0 Å². The smallest absolute Gasteiger partial charge is 0.266 e. The zero-order valence-corrected chi connectivity index (χ0v) is 13.8. The van der Waals surface area contributed by atoms with Gasteiger partial charge in [-0.15, -0.1) is 0 Å². The number of nitrogens with zero attached hydrogens (tertiary/aromatic N) is 1. The molecule has 1 N–H and O–H groups in total. The number of fused-ring (bicyclic) bond motifs is 1. The number of hydrogen-bond donors (Lipinski definition) is 1. The Morgan fingerprint density at radius 3 is 2.83 bits per heavy atom. The van der Waals surface area contributed by atoms with Crippen LogP contribution in [0.15, 0.2) is 36.4 Å². The van der Waals surface area contributed by atoms with E-state index in [-0.39, 0.29) is 10.6 Å². The fourth-order valence-electron chi connectivity index (χ4n) is 2.16. The van der Waals surface area contributed by atoms with Crippen molar-refractivity contribution in [3.8, 4) is 5.75 Å². The summed E-state index contributed by atoms with van der Waals surface area (Å²) < 4.78 is 32.8. The number of anilines is 1. The fourth-order valence-corrected chi connectivity index (χ4v) is 3.07. The van der Waals surface area contributed by atoms with E-state index in [4.69, 9.17) is 4.74 Å². The van der Waals surface area contributed by atoms with Gasteiger partial charge < -0.3 is 4.74 Å². The highest BCUT2D eigenvalue weighted by Crippen LogP contribution is 2.28. The van der Waals surface area contributed by atoms with E-state index in [0.717, 1.165) is 23.0 Å². The van der Waals surface area contributed by atoms with Gasteiger partial charge in [-0.25, -0.2) is 13.8 Å². The van der Waals surface area contributed by atoms with Crippen LogP contribution in [0.5, 0.6) is 5.75 Å². The molecule has 0 aliphatic carbocycles. The lowest BCUT2D eigenvalue weighted by Crippen LogP contribution is -2.30. The second kappa shape index (κ2) is 6.52. The zero-order chi connectivity index (χ0) is 17.3. The van der Waals surface area contributed by atoms with Crippen molar-refractivity contribution in [1.82, 2.24) is 4.98 Å². The largest absolute Gasteiger partial charge is 0.481 e. The van der Waals surface area contributed by atoms with E-state index in [1.54, 1.807) is 13.0 Å². The third kappa shape index (κ3) is 3.51. The lowest BCUT2D eigenvalue weighted by Gasteiger charge is -2.13. The Balaban J connectivity index is 1.73. The number of hydrogen-bond acceptors (Lipinski definition) is 4. The average Bonchev–Trinajstić information content (AvgIpc) is 2.89. The summed E-state index contributed by atoms with van der Waals surface area (Å²) in [7, 11) is 0. The fraction of sp³-hybridized carbons (Fsp3) is 0.176. The number of nitrogens with one attached hydrogen (secondary N) is 1. The topological polar surface area (TPSA) is 51.2 Å². The minimum atomic E-state index is -0.764. The number of thiazole rings is 1. The molecule has 0 radical (unpaired) electrons. The first-order valence-corrected chi connectivity index (χ1v) is 8.04. The molecule has 124 valence electrons. The minimum absolute atomic E-state index is 0.0314. The molecule has 2 aromatic carbocycles. The van der Waals surface area contributed by atoms with E-state index in [9.17, 15) is 13.6 Å². The minimum Gasteiger partial charge on any atom is -0.481 e. The van der Waals surface area contributed by atoms with Gasteiger partial charge >= 0.3 is 0 Å². The summed E-state index contributed by atoms with van der Waals surface area (Å²) in [6.07, 6.45) is -0.764. The molecule has 0 saturated heterocycles. The lowest BCUT2D eigenvalue weighted by atomic mass is 10.2. The van der Waals surface area contributed by atoms with Crippen LogP contribution < -0.4 is 10.1 Å². The van der Waals surface area contributed by atoms with Crippen LogP contribution in [0.3, 0.4) is 0 Å². The number of amides is 1. The number of halogens is 2. The molecule has 0 unspecified atom stereocenters. The van der Waals surface area contributed by atoms with Gasteiger partial charge in [-0.3, -0.25) is 10.1 Å². The molecule has 0 bridgehead atoms. The number of ether oxygens (including phenoxy) is 1. The van der Waals surface area contributed by atoms with Gasteiger partial charge in [0.05, 0.1) is 4.70 Å². The average molecular weight is 348 g/mol. The first kappa shape index (κ1) is 16.3. The van der Waals surface area contributed by atoms with Crippen LogP contribution in [-0.4, -0.2) is 17.0 Å². The normalized spacial score (nSPS) is 12.2. The Hall–Kier alpha value is -2.54. The highest BCUT2D eigenvalue weighted by Gasteiger charge is 2.18. The Morgan fingerprint density at radius 2 is 2.08 bits per heavy atom. The Bertz CT molecular complexity index is 911. The van der Waals surface area contributed by atoms with Crippen molar-refractivity contribution in [2.75, 3.05) is 5.32 Å². The summed E-state index contributed by atoms with van der Waals surface area (Å²) in [5, 5.41) is 2.76. The van der Waals surface area contributed by atoms with Gasteiger partial charge in [0.1, 0.15) is 17.1 Å². The number of aromatic nitrogens is 1. The summed E-state index contributed by atoms with van der Waals surface area (Å²) in [5.74, 6) is -1.28. The highest BCUT2D eigenvalue weighted by atomic mass is 32.1. The molecular weight excluding hydrogens is 334 g/mol. The SMILES string of the molecule is Cc1cccc(O[C@H](C)C(=O)Nc2nc3c(F)cc(F)cc3s2)c1. The van der Waals surface area contributed by atoms with Crippen LogP contribution in [0.4, 0.5) is 13.9 Å². The van der Waals surface area contributed by atoms with Crippen molar-refractivity contribution >= 4 is 32.6 Å². The standard InChI is InChI=1S/C17H14F2N2O2S/c1-9-4-3-5-12(6-9)23-10(2)16(22)21-17-20-15-13(19)7-11(18)8-14(15)24-17/h3-8,10H,1-2H3,(H,20,21,22)/t10-/m1/s1. The number of benzene rings is 2. The summed E-state index contributed by atoms with van der Waals surface area (Å²) in [6.45, 7) is 3.53. The third-order valence-corrected chi connectivity index (χ3v) is 4.23. The Labute approximate surface area is 141 Å². The molecule has 3 rings (SSSR count). The first-order chi connectivity index (χ1) is 11.4. The van der Waals surface area contributed by atoms with Gasteiger partial charge in [0, 0.05) is 6.07 Å². The van der Waals surface area contributed by atoms with Crippen molar-refractivity contribution in [3.63, 3.8) is 0 Å². The van der Waals surface area contributed by atoms with E-state index in [2.05, 4.69) is 10.3 Å². The highest BCUT2D eigenvalue weighted by molar-refractivity contribution is 7.22. The van der Waals surface area contributed by atoms with Crippen molar-refractivity contribution in [1.29, 1.82) is 0 Å². The number of carbonyl (C=O) groups excluding carboxylic acids is 1.